The van der Waals surface area contributed by atoms with Crippen LogP contribution in [0.4, 0.5) is 0 Å². The van der Waals surface area contributed by atoms with Crippen molar-refractivity contribution in [2.45, 2.75) is 18.6 Å². The highest BCUT2D eigenvalue weighted by Crippen LogP contribution is 2.21. The minimum absolute atomic E-state index is 0.128. The Kier molecular flexibility index (Phi) is 4.62. The molecule has 0 saturated carbocycles. The molecule has 2 atom stereocenters. The summed E-state index contributed by atoms with van der Waals surface area (Å²) in [4.78, 5) is 28.0. The van der Waals surface area contributed by atoms with Gasteiger partial charge in [0.2, 0.25) is 5.91 Å². The number of morpholine rings is 1. The number of aromatic nitrogens is 3. The standard InChI is InChI=1S/C15H17N5O3/c21-12-9-23-14(13(20-12)11-2-1-4-16-8-11)15(22)17-5-3-10-6-18-19-7-10/h1-2,4,6-8,13-14H,3,5,9H2,(H,17,22)(H,18,19)(H,20,21)/t13-,14+/m1/s1. The summed E-state index contributed by atoms with van der Waals surface area (Å²) in [7, 11) is 0. The van der Waals surface area contributed by atoms with E-state index in [1.165, 1.54) is 0 Å². The molecule has 1 saturated heterocycles. The topological polar surface area (TPSA) is 109 Å². The maximum absolute atomic E-state index is 12.4. The fourth-order valence-corrected chi connectivity index (χ4v) is 2.44. The van der Waals surface area contributed by atoms with E-state index in [1.54, 1.807) is 36.9 Å². The van der Waals surface area contributed by atoms with E-state index in [-0.39, 0.29) is 18.4 Å². The molecule has 0 spiro atoms. The Bertz CT molecular complexity index is 659. The zero-order valence-corrected chi connectivity index (χ0v) is 12.4. The van der Waals surface area contributed by atoms with E-state index in [4.69, 9.17) is 4.74 Å². The summed E-state index contributed by atoms with van der Waals surface area (Å²) >= 11 is 0. The minimum atomic E-state index is -0.777. The highest BCUT2D eigenvalue weighted by molar-refractivity contribution is 5.86. The molecule has 3 heterocycles. The average molecular weight is 315 g/mol. The first kappa shape index (κ1) is 15.2. The Balaban J connectivity index is 1.63. The van der Waals surface area contributed by atoms with Crippen LogP contribution < -0.4 is 10.6 Å². The zero-order chi connectivity index (χ0) is 16.1. The summed E-state index contributed by atoms with van der Waals surface area (Å²) in [5.74, 6) is -0.511. The van der Waals surface area contributed by atoms with Gasteiger partial charge in [0.15, 0.2) is 6.10 Å². The molecule has 120 valence electrons. The van der Waals surface area contributed by atoms with Gasteiger partial charge < -0.3 is 15.4 Å². The molecular formula is C15H17N5O3. The molecule has 2 aromatic rings. The molecule has 8 heteroatoms. The van der Waals surface area contributed by atoms with Gasteiger partial charge in [-0.15, -0.1) is 0 Å². The van der Waals surface area contributed by atoms with Crippen LogP contribution in [-0.4, -0.2) is 46.3 Å². The van der Waals surface area contributed by atoms with Crippen molar-refractivity contribution >= 4 is 11.8 Å². The molecule has 1 aliphatic heterocycles. The lowest BCUT2D eigenvalue weighted by molar-refractivity contribution is -0.148. The van der Waals surface area contributed by atoms with E-state index >= 15 is 0 Å². The van der Waals surface area contributed by atoms with Gasteiger partial charge in [-0.3, -0.25) is 19.7 Å². The van der Waals surface area contributed by atoms with Crippen molar-refractivity contribution in [3.63, 3.8) is 0 Å². The fraction of sp³-hybridized carbons (Fsp3) is 0.333. The molecule has 3 N–H and O–H groups in total. The first-order chi connectivity index (χ1) is 11.2. The van der Waals surface area contributed by atoms with E-state index in [1.807, 2.05) is 0 Å². The van der Waals surface area contributed by atoms with Crippen molar-refractivity contribution < 1.29 is 14.3 Å². The van der Waals surface area contributed by atoms with Gasteiger partial charge in [0.05, 0.1) is 12.2 Å². The van der Waals surface area contributed by atoms with Crippen LogP contribution in [0.5, 0.6) is 0 Å². The van der Waals surface area contributed by atoms with Gasteiger partial charge in [-0.2, -0.15) is 5.10 Å². The fourth-order valence-electron chi connectivity index (χ4n) is 2.44. The monoisotopic (exact) mass is 315 g/mol. The van der Waals surface area contributed by atoms with Crippen LogP contribution in [0.15, 0.2) is 36.9 Å². The number of amides is 2. The average Bonchev–Trinajstić information content (AvgIpc) is 3.09. The van der Waals surface area contributed by atoms with Crippen LogP contribution in [0.1, 0.15) is 17.2 Å². The number of ether oxygens (including phenoxy) is 1. The minimum Gasteiger partial charge on any atom is -0.356 e. The normalized spacial score (nSPS) is 20.8. The second-order valence-electron chi connectivity index (χ2n) is 5.21. The predicted octanol–water partition coefficient (Wildman–Crippen LogP) is -0.280. The van der Waals surface area contributed by atoms with E-state index in [0.717, 1.165) is 11.1 Å². The Morgan fingerprint density at radius 2 is 2.35 bits per heavy atom. The summed E-state index contributed by atoms with van der Waals surface area (Å²) in [5.41, 5.74) is 1.74. The Hall–Kier alpha value is -2.74. The predicted molar refractivity (Wildman–Crippen MR) is 80.2 cm³/mol. The SMILES string of the molecule is O=C1CO[C@H](C(=O)NCCc2cn[nH]c2)[C@@H](c2cccnc2)N1. The number of rotatable bonds is 5. The van der Waals surface area contributed by atoms with Gasteiger partial charge in [-0.05, 0) is 23.6 Å². The second-order valence-corrected chi connectivity index (χ2v) is 5.21. The number of aromatic amines is 1. The molecule has 1 aliphatic rings. The molecule has 0 bridgehead atoms. The molecule has 0 aromatic carbocycles. The summed E-state index contributed by atoms with van der Waals surface area (Å²) in [6.45, 7) is 0.336. The molecular weight excluding hydrogens is 298 g/mol. The van der Waals surface area contributed by atoms with Crippen LogP contribution in [0, 0.1) is 0 Å². The highest BCUT2D eigenvalue weighted by atomic mass is 16.5. The summed E-state index contributed by atoms with van der Waals surface area (Å²) in [5, 5.41) is 12.2. The van der Waals surface area contributed by atoms with Crippen LogP contribution in [-0.2, 0) is 20.7 Å². The third-order valence-electron chi connectivity index (χ3n) is 3.58. The lowest BCUT2D eigenvalue weighted by Gasteiger charge is -2.31. The quantitative estimate of drug-likeness (QED) is 0.703. The maximum Gasteiger partial charge on any atom is 0.251 e. The van der Waals surface area contributed by atoms with E-state index < -0.39 is 12.1 Å². The van der Waals surface area contributed by atoms with Crippen molar-refractivity contribution in [3.05, 3.63) is 48.0 Å². The number of nitrogens with zero attached hydrogens (tertiary/aromatic N) is 2. The number of carbonyl (C=O) groups excluding carboxylic acids is 2. The van der Waals surface area contributed by atoms with E-state index in [9.17, 15) is 9.59 Å². The highest BCUT2D eigenvalue weighted by Gasteiger charge is 2.35. The maximum atomic E-state index is 12.4. The van der Waals surface area contributed by atoms with Crippen molar-refractivity contribution in [1.29, 1.82) is 0 Å². The third-order valence-corrected chi connectivity index (χ3v) is 3.58. The van der Waals surface area contributed by atoms with Crippen molar-refractivity contribution in [1.82, 2.24) is 25.8 Å². The van der Waals surface area contributed by atoms with Crippen molar-refractivity contribution in [2.75, 3.05) is 13.2 Å². The van der Waals surface area contributed by atoms with Gasteiger partial charge in [0.1, 0.15) is 6.61 Å². The smallest absolute Gasteiger partial charge is 0.251 e. The molecule has 1 fully saturated rings. The molecule has 2 amide bonds. The van der Waals surface area contributed by atoms with E-state index in [2.05, 4.69) is 25.8 Å². The Labute approximate surface area is 132 Å². The molecule has 0 aliphatic carbocycles. The molecule has 23 heavy (non-hydrogen) atoms. The van der Waals surface area contributed by atoms with Crippen LogP contribution in [0.2, 0.25) is 0 Å². The lowest BCUT2D eigenvalue weighted by Crippen LogP contribution is -2.52. The molecule has 0 radical (unpaired) electrons. The Morgan fingerprint density at radius 3 is 3.09 bits per heavy atom. The molecule has 3 rings (SSSR count). The second kappa shape index (κ2) is 7.01. The lowest BCUT2D eigenvalue weighted by atomic mass is 10.0. The number of pyridine rings is 1. The van der Waals surface area contributed by atoms with Gasteiger partial charge >= 0.3 is 0 Å². The summed E-state index contributed by atoms with van der Waals surface area (Å²) < 4.78 is 5.44. The summed E-state index contributed by atoms with van der Waals surface area (Å²) in [6.07, 6.45) is 6.63. The Morgan fingerprint density at radius 1 is 1.43 bits per heavy atom. The largest absolute Gasteiger partial charge is 0.356 e. The first-order valence-corrected chi connectivity index (χ1v) is 7.30. The molecule has 2 aromatic heterocycles. The zero-order valence-electron chi connectivity index (χ0n) is 12.4. The third kappa shape index (κ3) is 3.72. The summed E-state index contributed by atoms with van der Waals surface area (Å²) in [6, 6.07) is 3.02. The first-order valence-electron chi connectivity index (χ1n) is 7.30. The number of hydrogen-bond acceptors (Lipinski definition) is 5. The van der Waals surface area contributed by atoms with Crippen molar-refractivity contribution in [3.8, 4) is 0 Å². The molecule has 0 unspecified atom stereocenters. The van der Waals surface area contributed by atoms with Gasteiger partial charge in [0, 0.05) is 25.1 Å². The van der Waals surface area contributed by atoms with Gasteiger partial charge in [0.25, 0.3) is 5.91 Å². The number of H-pyrrole nitrogens is 1. The number of carbonyl (C=O) groups is 2. The molecule has 8 nitrogen and oxygen atoms in total. The number of hydrogen-bond donors (Lipinski definition) is 3. The van der Waals surface area contributed by atoms with Gasteiger partial charge in [-0.25, -0.2) is 0 Å². The van der Waals surface area contributed by atoms with Crippen LogP contribution in [0.25, 0.3) is 0 Å². The van der Waals surface area contributed by atoms with Crippen LogP contribution >= 0.6 is 0 Å². The van der Waals surface area contributed by atoms with E-state index in [0.29, 0.717) is 13.0 Å². The van der Waals surface area contributed by atoms with Crippen LogP contribution in [0.3, 0.4) is 0 Å². The van der Waals surface area contributed by atoms with Crippen molar-refractivity contribution in [2.24, 2.45) is 0 Å². The van der Waals surface area contributed by atoms with Gasteiger partial charge in [-0.1, -0.05) is 6.07 Å². The number of nitrogens with one attached hydrogen (secondary N) is 3.